The normalized spacial score (nSPS) is 23.5. The zero-order valence-corrected chi connectivity index (χ0v) is 29.8. The van der Waals surface area contributed by atoms with Gasteiger partial charge in [-0.05, 0) is 67.6 Å². The Labute approximate surface area is 300 Å². The highest BCUT2D eigenvalue weighted by Gasteiger charge is 2.45. The summed E-state index contributed by atoms with van der Waals surface area (Å²) in [4.78, 5) is 16.0. The van der Waals surface area contributed by atoms with Gasteiger partial charge >= 0.3 is 0 Å². The molecule has 11 nitrogen and oxygen atoms in total. The van der Waals surface area contributed by atoms with Crippen LogP contribution in [0.5, 0.6) is 5.75 Å². The lowest BCUT2D eigenvalue weighted by Gasteiger charge is -2.37. The zero-order chi connectivity index (χ0) is 33.8. The molecule has 1 aromatic heterocycles. The van der Waals surface area contributed by atoms with Crippen molar-refractivity contribution in [2.75, 3.05) is 69.4 Å². The van der Waals surface area contributed by atoms with E-state index in [0.717, 1.165) is 55.9 Å². The Kier molecular flexibility index (Phi) is 10.5. The van der Waals surface area contributed by atoms with Crippen LogP contribution >= 0.6 is 35.0 Å². The highest BCUT2D eigenvalue weighted by Crippen LogP contribution is 2.40. The van der Waals surface area contributed by atoms with E-state index in [4.69, 9.17) is 47.1 Å². The van der Waals surface area contributed by atoms with Crippen molar-refractivity contribution in [2.24, 2.45) is 4.99 Å². The van der Waals surface area contributed by atoms with E-state index in [1.807, 2.05) is 18.2 Å². The second kappa shape index (κ2) is 15.2. The molecule has 3 aliphatic heterocycles. The van der Waals surface area contributed by atoms with Gasteiger partial charge in [0.25, 0.3) is 0 Å². The molecule has 0 aliphatic carbocycles. The summed E-state index contributed by atoms with van der Waals surface area (Å²) in [7, 11) is 1.75. The summed E-state index contributed by atoms with van der Waals surface area (Å²) in [6.45, 7) is 8.60. The second-order valence-corrected chi connectivity index (χ2v) is 14.0. The van der Waals surface area contributed by atoms with E-state index >= 15 is 0 Å². The largest absolute Gasteiger partial charge is 0.491 e. The minimum Gasteiger partial charge on any atom is -0.491 e. The van der Waals surface area contributed by atoms with Gasteiger partial charge in [0.15, 0.2) is 5.17 Å². The number of anilines is 2. The fourth-order valence-electron chi connectivity index (χ4n) is 6.27. The Hall–Kier alpha value is -3.52. The van der Waals surface area contributed by atoms with Gasteiger partial charge in [0.1, 0.15) is 43.1 Å². The number of ether oxygens (including phenoxy) is 4. The average molecular weight is 725 g/mol. The lowest BCUT2D eigenvalue weighted by atomic mass is 10.1. The lowest BCUT2D eigenvalue weighted by molar-refractivity contribution is -0.190. The number of hydrogen-bond acceptors (Lipinski definition) is 10. The van der Waals surface area contributed by atoms with Gasteiger partial charge in [-0.2, -0.15) is 5.10 Å². The van der Waals surface area contributed by atoms with Gasteiger partial charge in [-0.15, -0.1) is 0 Å². The Morgan fingerprint density at radius 3 is 2.33 bits per heavy atom. The van der Waals surface area contributed by atoms with Crippen LogP contribution in [0.2, 0.25) is 10.0 Å². The number of aliphatic imine (C=N–C) groups is 1. The van der Waals surface area contributed by atoms with Crippen molar-refractivity contribution in [3.63, 3.8) is 0 Å². The second-order valence-electron chi connectivity index (χ2n) is 12.0. The minimum atomic E-state index is -1.15. The van der Waals surface area contributed by atoms with E-state index in [0.29, 0.717) is 28.8 Å². The third-order valence-corrected chi connectivity index (χ3v) is 10.6. The third kappa shape index (κ3) is 7.79. The molecular weight excluding hydrogens is 685 g/mol. The van der Waals surface area contributed by atoms with Gasteiger partial charge in [-0.3, -0.25) is 0 Å². The van der Waals surface area contributed by atoms with E-state index < -0.39 is 5.79 Å². The number of rotatable bonds is 11. The van der Waals surface area contributed by atoms with Crippen molar-refractivity contribution in [1.29, 1.82) is 0 Å². The van der Waals surface area contributed by atoms with E-state index in [9.17, 15) is 0 Å². The van der Waals surface area contributed by atoms with Crippen LogP contribution in [0, 0.1) is 0 Å². The number of piperazine rings is 1. The number of halogens is 2. The number of hydrogen-bond donors (Lipinski definition) is 0. The van der Waals surface area contributed by atoms with Crippen LogP contribution < -0.4 is 14.5 Å². The van der Waals surface area contributed by atoms with Crippen LogP contribution in [0.3, 0.4) is 0 Å². The molecule has 0 spiro atoms. The molecular formula is C35H39Cl2N7O4S. The maximum atomic E-state index is 6.59. The predicted octanol–water partition coefficient (Wildman–Crippen LogP) is 6.29. The van der Waals surface area contributed by atoms with Crippen LogP contribution in [0.1, 0.15) is 12.5 Å². The third-order valence-electron chi connectivity index (χ3n) is 8.92. The zero-order valence-electron chi connectivity index (χ0n) is 27.5. The van der Waals surface area contributed by atoms with Crippen molar-refractivity contribution in [3.05, 3.63) is 95.0 Å². The number of methoxy groups -OCH3 is 1. The van der Waals surface area contributed by atoms with E-state index in [1.54, 1.807) is 42.0 Å². The predicted molar refractivity (Wildman–Crippen MR) is 195 cm³/mol. The number of amidine groups is 1. The molecule has 7 rings (SSSR count). The first-order valence-corrected chi connectivity index (χ1v) is 18.0. The van der Waals surface area contributed by atoms with Gasteiger partial charge < -0.3 is 33.6 Å². The Balaban J connectivity index is 0.912. The molecule has 0 bridgehead atoms. The summed E-state index contributed by atoms with van der Waals surface area (Å²) in [6.07, 6.45) is 2.77. The molecule has 0 amide bonds. The number of nitrogens with zero attached hydrogens (tertiary/aromatic N) is 7. The van der Waals surface area contributed by atoms with Crippen molar-refractivity contribution in [1.82, 2.24) is 19.7 Å². The summed E-state index contributed by atoms with van der Waals surface area (Å²) in [5, 5.41) is 6.25. The first-order valence-electron chi connectivity index (χ1n) is 16.4. The maximum Gasteiger partial charge on any atom is 0.217 e. The number of likely N-dealkylation sites (N-methyl/N-ethyl adjacent to an activating group) is 1. The monoisotopic (exact) mass is 723 g/mol. The first-order chi connectivity index (χ1) is 23.9. The van der Waals surface area contributed by atoms with Crippen LogP contribution in [0.4, 0.5) is 17.1 Å². The molecule has 0 N–H and O–H groups in total. The highest BCUT2D eigenvalue weighted by molar-refractivity contribution is 8.14. The van der Waals surface area contributed by atoms with Crippen molar-refractivity contribution in [3.8, 4) is 5.75 Å². The number of thioether (sulfide) groups is 1. The van der Waals surface area contributed by atoms with Gasteiger partial charge in [-0.25, -0.2) is 14.7 Å². The molecule has 3 fully saturated rings. The Morgan fingerprint density at radius 1 is 0.980 bits per heavy atom. The van der Waals surface area contributed by atoms with Gasteiger partial charge in [0.2, 0.25) is 5.79 Å². The molecule has 3 atom stereocenters. The van der Waals surface area contributed by atoms with E-state index in [1.165, 1.54) is 17.7 Å². The molecule has 3 aromatic carbocycles. The summed E-state index contributed by atoms with van der Waals surface area (Å²) in [6, 6.07) is 22.1. The van der Waals surface area contributed by atoms with E-state index in [-0.39, 0.29) is 18.1 Å². The molecule has 3 unspecified atom stereocenters. The van der Waals surface area contributed by atoms with Crippen LogP contribution in [-0.4, -0.2) is 96.0 Å². The maximum absolute atomic E-state index is 6.59. The summed E-state index contributed by atoms with van der Waals surface area (Å²) < 4.78 is 26.1. The fourth-order valence-corrected chi connectivity index (χ4v) is 7.92. The molecule has 0 radical (unpaired) electrons. The smallest absolute Gasteiger partial charge is 0.217 e. The van der Waals surface area contributed by atoms with Crippen molar-refractivity contribution < 1.29 is 18.9 Å². The van der Waals surface area contributed by atoms with E-state index in [2.05, 4.69) is 68.1 Å². The summed E-state index contributed by atoms with van der Waals surface area (Å²) in [5.41, 5.74) is 4.17. The number of benzene rings is 3. The van der Waals surface area contributed by atoms with Crippen molar-refractivity contribution in [2.45, 2.75) is 30.8 Å². The van der Waals surface area contributed by atoms with Gasteiger partial charge in [0.05, 0.1) is 23.9 Å². The molecule has 14 heteroatoms. The van der Waals surface area contributed by atoms with Crippen LogP contribution in [0.25, 0.3) is 0 Å². The summed E-state index contributed by atoms with van der Waals surface area (Å²) >= 11 is 14.4. The minimum absolute atomic E-state index is 0.139. The fraction of sp³-hybridized carbons (Fsp3) is 0.400. The topological polar surface area (TPSA) is 89.7 Å². The first kappa shape index (κ1) is 34.0. The molecule has 49 heavy (non-hydrogen) atoms. The quantitative estimate of drug-likeness (QED) is 0.176. The molecule has 3 saturated heterocycles. The average Bonchev–Trinajstić information content (AvgIpc) is 3.89. The van der Waals surface area contributed by atoms with Crippen LogP contribution in [0.15, 0.2) is 84.4 Å². The van der Waals surface area contributed by atoms with Crippen molar-refractivity contribution >= 4 is 57.2 Å². The number of aromatic nitrogens is 3. The Morgan fingerprint density at radius 2 is 1.69 bits per heavy atom. The Bertz CT molecular complexity index is 1720. The highest BCUT2D eigenvalue weighted by atomic mass is 35.5. The lowest BCUT2D eigenvalue weighted by Crippen LogP contribution is -2.46. The molecule has 4 aromatic rings. The van der Waals surface area contributed by atoms with Gasteiger partial charge in [0, 0.05) is 61.8 Å². The SMILES string of the molecule is CCN1CC(OC)S/C1=N\c1ccc(N2CCN(c3ccc(OCC4COC(Cn5cncn5)(c5ccc(Cl)cc5Cl)O4)cc3)CC2)cc1. The van der Waals surface area contributed by atoms with Crippen LogP contribution in [-0.2, 0) is 26.5 Å². The molecule has 258 valence electrons. The van der Waals surface area contributed by atoms with Gasteiger partial charge in [-0.1, -0.05) is 41.0 Å². The molecule has 4 heterocycles. The molecule has 0 saturated carbocycles. The standard InChI is InChI=1S/C35H39Cl2N7O4S/c1-3-41-19-33(45-2)49-34(41)40-26-5-7-27(8-6-26)42-14-16-43(17-15-42)28-9-11-29(12-10-28)46-20-30-21-47-35(48-30,22-44-24-38-23-39-44)31-13-4-25(36)18-32(31)37/h4-13,18,23-24,30,33H,3,14-17,19-22H2,1-2H3/b40-34-. The molecule has 3 aliphatic rings. The summed E-state index contributed by atoms with van der Waals surface area (Å²) in [5.74, 6) is -0.380.